The Labute approximate surface area is 118 Å². The van der Waals surface area contributed by atoms with Gasteiger partial charge in [-0.15, -0.1) is 0 Å². The van der Waals surface area contributed by atoms with Crippen LogP contribution in [0.1, 0.15) is 54.4 Å². The van der Waals surface area contributed by atoms with Crippen LogP contribution in [0, 0.1) is 0 Å². The molecule has 0 radical (unpaired) electrons. The summed E-state index contributed by atoms with van der Waals surface area (Å²) in [5, 5.41) is 3.17. The lowest BCUT2D eigenvalue weighted by Gasteiger charge is -2.29. The zero-order valence-corrected chi connectivity index (χ0v) is 13.9. The van der Waals surface area contributed by atoms with Gasteiger partial charge in [0.25, 0.3) is 0 Å². The molecule has 5 nitrogen and oxygen atoms in total. The normalized spacial score (nSPS) is 13.8. The van der Waals surface area contributed by atoms with Crippen LogP contribution in [0.4, 0.5) is 0 Å². The first kappa shape index (κ1) is 18.3. The third kappa shape index (κ3) is 9.85. The van der Waals surface area contributed by atoms with Crippen molar-refractivity contribution in [3.63, 3.8) is 0 Å². The Kier molecular flexibility index (Phi) is 6.95. The van der Waals surface area contributed by atoms with E-state index in [9.17, 15) is 9.59 Å². The zero-order valence-electron chi connectivity index (χ0n) is 12.7. The van der Waals surface area contributed by atoms with E-state index in [1.807, 2.05) is 51.0 Å². The van der Waals surface area contributed by atoms with E-state index in [2.05, 4.69) is 9.84 Å². The summed E-state index contributed by atoms with van der Waals surface area (Å²) in [5.74, 6) is -0.715. The van der Waals surface area contributed by atoms with Crippen molar-refractivity contribution in [2.24, 2.45) is 0 Å². The van der Waals surface area contributed by atoms with Crippen LogP contribution < -0.4 is 5.32 Å². The summed E-state index contributed by atoms with van der Waals surface area (Å²) in [4.78, 5) is 23.3. The van der Waals surface area contributed by atoms with E-state index in [0.717, 1.165) is 0 Å². The maximum Gasteiger partial charge on any atom is 0.323 e. The van der Waals surface area contributed by atoms with Crippen LogP contribution in [0.25, 0.3) is 0 Å². The zero-order chi connectivity index (χ0) is 15.3. The van der Waals surface area contributed by atoms with E-state index in [1.165, 1.54) is 0 Å². The van der Waals surface area contributed by atoms with Gasteiger partial charge < -0.3 is 9.26 Å². The van der Waals surface area contributed by atoms with E-state index in [-0.39, 0.29) is 23.9 Å². The molecule has 2 atom stereocenters. The number of hydrogen-bond donors (Lipinski definition) is 1. The van der Waals surface area contributed by atoms with Gasteiger partial charge >= 0.3 is 11.9 Å². The van der Waals surface area contributed by atoms with Crippen molar-refractivity contribution in [3.05, 3.63) is 0 Å². The Morgan fingerprint density at radius 3 is 2.05 bits per heavy atom. The highest BCUT2D eigenvalue weighted by Gasteiger charge is 2.28. The van der Waals surface area contributed by atoms with Gasteiger partial charge in [0.2, 0.25) is 0 Å². The summed E-state index contributed by atoms with van der Waals surface area (Å²) in [6, 6.07) is -0.525. The van der Waals surface area contributed by atoms with E-state index >= 15 is 0 Å². The van der Waals surface area contributed by atoms with E-state index in [1.54, 1.807) is 0 Å². The average molecular weight is 291 g/mol. The molecule has 19 heavy (non-hydrogen) atoms. The molecule has 0 fully saturated rings. The number of hydrogen-bond acceptors (Lipinski definition) is 5. The van der Waals surface area contributed by atoms with Gasteiger partial charge in [0.1, 0.15) is 11.6 Å². The number of carbonyl (C=O) groups is 2. The summed E-state index contributed by atoms with van der Waals surface area (Å²) in [5.41, 5.74) is -0.789. The first-order valence-electron chi connectivity index (χ1n) is 6.35. The van der Waals surface area contributed by atoms with Gasteiger partial charge in [0.15, 0.2) is 0 Å². The summed E-state index contributed by atoms with van der Waals surface area (Å²) in [6.07, 6.45) is 0.510. The highest BCUT2D eigenvalue weighted by atomic mass is 31.0. The SMILES string of the molecule is CC(C)(C)NC(CCC(=O)OP)C(=O)OC(C)(C)C. The fraction of sp³-hybridized carbons (Fsp3) is 0.846. The average Bonchev–Trinajstić information content (AvgIpc) is 2.19. The standard InChI is InChI=1S/C13H26NO4P/c1-12(2,3)14-9(7-8-10(15)18-19)11(16)17-13(4,5)6/h9,14H,7-8,19H2,1-6H3. The highest BCUT2D eigenvalue weighted by Crippen LogP contribution is 2.14. The molecule has 0 aromatic rings. The van der Waals surface area contributed by atoms with Crippen LogP contribution in [0.5, 0.6) is 0 Å². The van der Waals surface area contributed by atoms with Gasteiger partial charge in [0.05, 0.1) is 9.47 Å². The van der Waals surface area contributed by atoms with Crippen LogP contribution >= 0.6 is 9.47 Å². The molecule has 2 unspecified atom stereocenters. The molecule has 112 valence electrons. The summed E-state index contributed by atoms with van der Waals surface area (Å²) in [7, 11) is 1.91. The molecule has 0 saturated heterocycles. The fourth-order valence-electron chi connectivity index (χ4n) is 1.47. The number of esters is 1. The molecular weight excluding hydrogens is 265 g/mol. The number of ether oxygens (including phenoxy) is 1. The largest absolute Gasteiger partial charge is 0.459 e. The molecule has 0 aromatic carbocycles. The lowest BCUT2D eigenvalue weighted by Crippen LogP contribution is -2.49. The van der Waals surface area contributed by atoms with E-state index in [0.29, 0.717) is 6.42 Å². The molecule has 0 aliphatic carbocycles. The molecule has 0 aliphatic rings. The van der Waals surface area contributed by atoms with Crippen molar-refractivity contribution in [2.75, 3.05) is 0 Å². The van der Waals surface area contributed by atoms with Crippen LogP contribution in [0.15, 0.2) is 0 Å². The quantitative estimate of drug-likeness (QED) is 0.621. The van der Waals surface area contributed by atoms with Gasteiger partial charge in [-0.05, 0) is 48.0 Å². The Balaban J connectivity index is 4.66. The van der Waals surface area contributed by atoms with Gasteiger partial charge in [0, 0.05) is 12.0 Å². The van der Waals surface area contributed by atoms with Gasteiger partial charge in [-0.3, -0.25) is 14.9 Å². The Morgan fingerprint density at radius 2 is 1.68 bits per heavy atom. The predicted octanol–water partition coefficient (Wildman–Crippen LogP) is 2.20. The molecule has 6 heteroatoms. The van der Waals surface area contributed by atoms with Gasteiger partial charge in [-0.1, -0.05) is 0 Å². The minimum absolute atomic E-state index is 0.163. The monoisotopic (exact) mass is 291 g/mol. The van der Waals surface area contributed by atoms with E-state index in [4.69, 9.17) is 4.74 Å². The van der Waals surface area contributed by atoms with Gasteiger partial charge in [-0.2, -0.15) is 0 Å². The van der Waals surface area contributed by atoms with E-state index < -0.39 is 11.6 Å². The summed E-state index contributed by atoms with van der Waals surface area (Å²) >= 11 is 0. The smallest absolute Gasteiger partial charge is 0.323 e. The first-order valence-corrected chi connectivity index (χ1v) is 6.82. The maximum atomic E-state index is 12.1. The lowest BCUT2D eigenvalue weighted by molar-refractivity contribution is -0.158. The predicted molar refractivity (Wildman–Crippen MR) is 77.6 cm³/mol. The first-order chi connectivity index (χ1) is 8.44. The molecule has 1 N–H and O–H groups in total. The second-order valence-electron chi connectivity index (χ2n) is 6.51. The Bertz CT molecular complexity index is 318. The van der Waals surface area contributed by atoms with Crippen LogP contribution in [-0.4, -0.2) is 29.1 Å². The highest BCUT2D eigenvalue weighted by molar-refractivity contribution is 7.10. The van der Waals surface area contributed by atoms with Crippen LogP contribution in [0.3, 0.4) is 0 Å². The van der Waals surface area contributed by atoms with Crippen LogP contribution in [0.2, 0.25) is 0 Å². The third-order valence-corrected chi connectivity index (χ3v) is 2.33. The van der Waals surface area contributed by atoms with Crippen molar-refractivity contribution >= 4 is 21.4 Å². The molecule has 0 spiro atoms. The fourth-order valence-corrected chi connectivity index (χ4v) is 1.58. The summed E-state index contributed by atoms with van der Waals surface area (Å²) < 4.78 is 9.86. The second kappa shape index (κ2) is 7.20. The van der Waals surface area contributed by atoms with Crippen molar-refractivity contribution in [1.82, 2.24) is 5.32 Å². The topological polar surface area (TPSA) is 64.6 Å². The van der Waals surface area contributed by atoms with Crippen molar-refractivity contribution in [3.8, 4) is 0 Å². The van der Waals surface area contributed by atoms with Crippen molar-refractivity contribution < 1.29 is 18.8 Å². The molecule has 0 rings (SSSR count). The lowest BCUT2D eigenvalue weighted by atomic mass is 10.0. The van der Waals surface area contributed by atoms with Gasteiger partial charge in [-0.25, -0.2) is 0 Å². The minimum atomic E-state index is -0.546. The molecule has 0 saturated carbocycles. The number of rotatable bonds is 5. The molecular formula is C13H26NO4P. The number of nitrogens with one attached hydrogen (secondary N) is 1. The number of carbonyl (C=O) groups excluding carboxylic acids is 2. The maximum absolute atomic E-state index is 12.1. The van der Waals surface area contributed by atoms with Crippen molar-refractivity contribution in [2.45, 2.75) is 71.6 Å². The van der Waals surface area contributed by atoms with Crippen molar-refractivity contribution in [1.29, 1.82) is 0 Å². The molecule has 0 aromatic heterocycles. The second-order valence-corrected chi connectivity index (χ2v) is 6.74. The molecule has 0 amide bonds. The summed E-state index contributed by atoms with van der Waals surface area (Å²) in [6.45, 7) is 11.3. The van der Waals surface area contributed by atoms with Crippen LogP contribution in [-0.2, 0) is 18.8 Å². The Hall–Kier alpha value is -0.670. The third-order valence-electron chi connectivity index (χ3n) is 2.07. The molecule has 0 bridgehead atoms. The minimum Gasteiger partial charge on any atom is -0.459 e. The Morgan fingerprint density at radius 1 is 1.16 bits per heavy atom. The molecule has 0 heterocycles. The molecule has 0 aliphatic heterocycles.